The highest BCUT2D eigenvalue weighted by atomic mass is 32.2. The summed E-state index contributed by atoms with van der Waals surface area (Å²) in [6, 6.07) is 16.2. The van der Waals surface area contributed by atoms with E-state index in [1.165, 1.54) is 0 Å². The summed E-state index contributed by atoms with van der Waals surface area (Å²) in [6.45, 7) is 2.29. The van der Waals surface area contributed by atoms with Gasteiger partial charge in [0.05, 0.1) is 4.90 Å². The number of para-hydroxylation sites is 1. The first-order chi connectivity index (χ1) is 9.59. The lowest BCUT2D eigenvalue weighted by molar-refractivity contribution is 0.323. The zero-order valence-corrected chi connectivity index (χ0v) is 12.1. The minimum absolute atomic E-state index is 0.228. The Morgan fingerprint density at radius 2 is 1.65 bits per heavy atom. The Labute approximate surface area is 119 Å². The normalized spacial score (nSPS) is 11.2. The quantitative estimate of drug-likeness (QED) is 0.831. The third-order valence-corrected chi connectivity index (χ3v) is 4.41. The average Bonchev–Trinajstić information content (AvgIpc) is 2.45. The summed E-state index contributed by atoms with van der Waals surface area (Å²) in [5.74, 6) is 0.725. The van der Waals surface area contributed by atoms with Crippen LogP contribution >= 0.6 is 0 Å². The van der Waals surface area contributed by atoms with E-state index in [0.29, 0.717) is 4.90 Å². The van der Waals surface area contributed by atoms with Crippen LogP contribution in [0.3, 0.4) is 0 Å². The van der Waals surface area contributed by atoms with Crippen LogP contribution in [0.1, 0.15) is 5.56 Å². The number of aryl methyl sites for hydroxylation is 1. The predicted molar refractivity (Wildman–Crippen MR) is 78.3 cm³/mol. The van der Waals surface area contributed by atoms with Crippen LogP contribution in [0.5, 0.6) is 5.75 Å². The number of rotatable bonds is 6. The van der Waals surface area contributed by atoms with Crippen molar-refractivity contribution in [3.8, 4) is 5.75 Å². The van der Waals surface area contributed by atoms with E-state index in [1.54, 1.807) is 25.1 Å². The summed E-state index contributed by atoms with van der Waals surface area (Å²) in [5, 5.41) is 0. The second kappa shape index (κ2) is 6.54. The van der Waals surface area contributed by atoms with Crippen molar-refractivity contribution < 1.29 is 13.2 Å². The van der Waals surface area contributed by atoms with E-state index in [0.717, 1.165) is 11.3 Å². The molecule has 0 unspecified atom stereocenters. The van der Waals surface area contributed by atoms with E-state index in [4.69, 9.17) is 4.74 Å². The number of hydrogen-bond donors (Lipinski definition) is 1. The number of benzene rings is 2. The Balaban J connectivity index is 1.89. The first-order valence-electron chi connectivity index (χ1n) is 6.33. The monoisotopic (exact) mass is 291 g/mol. The van der Waals surface area contributed by atoms with E-state index in [9.17, 15) is 8.42 Å². The SMILES string of the molecule is Cc1ccccc1S(=O)(=O)NCCOc1ccccc1. The molecule has 2 aromatic carbocycles. The lowest BCUT2D eigenvalue weighted by Crippen LogP contribution is -2.28. The molecule has 1 N–H and O–H groups in total. The van der Waals surface area contributed by atoms with Crippen LogP contribution in [-0.4, -0.2) is 21.6 Å². The van der Waals surface area contributed by atoms with Gasteiger partial charge in [-0.05, 0) is 30.7 Å². The molecule has 4 nitrogen and oxygen atoms in total. The topological polar surface area (TPSA) is 55.4 Å². The first kappa shape index (κ1) is 14.6. The minimum Gasteiger partial charge on any atom is -0.492 e. The van der Waals surface area contributed by atoms with Gasteiger partial charge in [-0.25, -0.2) is 13.1 Å². The Morgan fingerprint density at radius 3 is 2.35 bits per heavy atom. The molecule has 0 saturated heterocycles. The Bertz CT molecular complexity index is 654. The lowest BCUT2D eigenvalue weighted by Gasteiger charge is -2.10. The molecule has 0 fully saturated rings. The molecule has 0 heterocycles. The number of ether oxygens (including phenoxy) is 1. The van der Waals surface area contributed by atoms with Gasteiger partial charge in [0.2, 0.25) is 10.0 Å². The zero-order valence-electron chi connectivity index (χ0n) is 11.2. The summed E-state index contributed by atoms with van der Waals surface area (Å²) in [4.78, 5) is 0.305. The molecule has 0 spiro atoms. The molecule has 0 aliphatic rings. The Kier molecular flexibility index (Phi) is 4.76. The molecule has 0 bridgehead atoms. The maximum Gasteiger partial charge on any atom is 0.240 e. The van der Waals surface area contributed by atoms with Gasteiger partial charge in [0.25, 0.3) is 0 Å². The van der Waals surface area contributed by atoms with Crippen LogP contribution in [0.4, 0.5) is 0 Å². The highest BCUT2D eigenvalue weighted by Crippen LogP contribution is 2.13. The van der Waals surface area contributed by atoms with E-state index in [-0.39, 0.29) is 13.2 Å². The van der Waals surface area contributed by atoms with Gasteiger partial charge in [0, 0.05) is 6.54 Å². The van der Waals surface area contributed by atoms with Crippen molar-refractivity contribution in [3.63, 3.8) is 0 Å². The van der Waals surface area contributed by atoms with Gasteiger partial charge < -0.3 is 4.74 Å². The molecule has 0 radical (unpaired) electrons. The molecule has 2 rings (SSSR count). The van der Waals surface area contributed by atoms with Crippen LogP contribution < -0.4 is 9.46 Å². The van der Waals surface area contributed by atoms with E-state index in [1.807, 2.05) is 36.4 Å². The van der Waals surface area contributed by atoms with Crippen molar-refractivity contribution in [2.75, 3.05) is 13.2 Å². The van der Waals surface area contributed by atoms with Crippen LogP contribution in [0.2, 0.25) is 0 Å². The van der Waals surface area contributed by atoms with Gasteiger partial charge >= 0.3 is 0 Å². The highest BCUT2D eigenvalue weighted by Gasteiger charge is 2.15. The van der Waals surface area contributed by atoms with Gasteiger partial charge in [-0.15, -0.1) is 0 Å². The number of sulfonamides is 1. The molecule has 5 heteroatoms. The standard InChI is InChI=1S/C15H17NO3S/c1-13-7-5-6-10-15(13)20(17,18)16-11-12-19-14-8-3-2-4-9-14/h2-10,16H,11-12H2,1H3. The minimum atomic E-state index is -3.48. The molecule has 0 amide bonds. The second-order valence-corrected chi connectivity index (χ2v) is 6.06. The van der Waals surface area contributed by atoms with Gasteiger partial charge in [0.1, 0.15) is 12.4 Å². The molecule has 2 aromatic rings. The first-order valence-corrected chi connectivity index (χ1v) is 7.81. The van der Waals surface area contributed by atoms with Crippen LogP contribution in [0.15, 0.2) is 59.5 Å². The van der Waals surface area contributed by atoms with Crippen molar-refractivity contribution in [1.29, 1.82) is 0 Å². The maximum atomic E-state index is 12.1. The largest absolute Gasteiger partial charge is 0.492 e. The Hall–Kier alpha value is -1.85. The molecule has 0 aliphatic carbocycles. The highest BCUT2D eigenvalue weighted by molar-refractivity contribution is 7.89. The fourth-order valence-electron chi connectivity index (χ4n) is 1.80. The number of hydrogen-bond acceptors (Lipinski definition) is 3. The third kappa shape index (κ3) is 3.82. The average molecular weight is 291 g/mol. The van der Waals surface area contributed by atoms with Gasteiger partial charge in [-0.1, -0.05) is 36.4 Å². The number of nitrogens with one attached hydrogen (secondary N) is 1. The molecule has 0 atom stereocenters. The van der Waals surface area contributed by atoms with Gasteiger partial charge in [-0.2, -0.15) is 0 Å². The lowest BCUT2D eigenvalue weighted by atomic mass is 10.2. The summed E-state index contributed by atoms with van der Waals surface area (Å²) in [7, 11) is -3.48. The van der Waals surface area contributed by atoms with Crippen molar-refractivity contribution in [2.45, 2.75) is 11.8 Å². The predicted octanol–water partition coefficient (Wildman–Crippen LogP) is 2.35. The second-order valence-electron chi connectivity index (χ2n) is 4.32. The molecular weight excluding hydrogens is 274 g/mol. The van der Waals surface area contributed by atoms with Crippen LogP contribution in [0, 0.1) is 6.92 Å². The molecule has 20 heavy (non-hydrogen) atoms. The summed E-state index contributed by atoms with van der Waals surface area (Å²) in [5.41, 5.74) is 0.726. The van der Waals surface area contributed by atoms with Crippen LogP contribution in [0.25, 0.3) is 0 Å². The third-order valence-electron chi connectivity index (χ3n) is 2.79. The fourth-order valence-corrected chi connectivity index (χ4v) is 3.05. The van der Waals surface area contributed by atoms with Crippen molar-refractivity contribution >= 4 is 10.0 Å². The smallest absolute Gasteiger partial charge is 0.240 e. The summed E-state index contributed by atoms with van der Waals surface area (Å²) < 4.78 is 32.2. The van der Waals surface area contributed by atoms with E-state index in [2.05, 4.69) is 4.72 Å². The van der Waals surface area contributed by atoms with Gasteiger partial charge in [-0.3, -0.25) is 0 Å². The molecule has 106 valence electrons. The summed E-state index contributed by atoms with van der Waals surface area (Å²) in [6.07, 6.45) is 0. The van der Waals surface area contributed by atoms with E-state index >= 15 is 0 Å². The van der Waals surface area contributed by atoms with Crippen molar-refractivity contribution in [1.82, 2.24) is 4.72 Å². The van der Waals surface area contributed by atoms with Gasteiger partial charge in [0.15, 0.2) is 0 Å². The maximum absolute atomic E-state index is 12.1. The molecule has 0 aliphatic heterocycles. The van der Waals surface area contributed by atoms with Crippen molar-refractivity contribution in [2.24, 2.45) is 0 Å². The summed E-state index contributed by atoms with van der Waals surface area (Å²) >= 11 is 0. The van der Waals surface area contributed by atoms with Crippen molar-refractivity contribution in [3.05, 3.63) is 60.2 Å². The molecule has 0 saturated carbocycles. The fraction of sp³-hybridized carbons (Fsp3) is 0.200. The molecular formula is C15H17NO3S. The Morgan fingerprint density at radius 1 is 1.00 bits per heavy atom. The van der Waals surface area contributed by atoms with Crippen LogP contribution in [-0.2, 0) is 10.0 Å². The molecule has 0 aromatic heterocycles. The van der Waals surface area contributed by atoms with E-state index < -0.39 is 10.0 Å². The zero-order chi connectivity index (χ0) is 14.4.